The second-order valence-electron chi connectivity index (χ2n) is 4.34. The SMILES string of the molecule is CCCCC1COB(c2ccc(OC)cc2)O1. The van der Waals surface area contributed by atoms with Gasteiger partial charge in [0.1, 0.15) is 5.75 Å². The van der Waals surface area contributed by atoms with Gasteiger partial charge >= 0.3 is 7.12 Å². The fourth-order valence-corrected chi connectivity index (χ4v) is 1.97. The first kappa shape index (κ1) is 12.5. The molecule has 1 aromatic rings. The van der Waals surface area contributed by atoms with Crippen LogP contribution in [0.5, 0.6) is 5.75 Å². The third-order valence-corrected chi connectivity index (χ3v) is 3.02. The van der Waals surface area contributed by atoms with Crippen LogP contribution in [-0.4, -0.2) is 26.9 Å². The van der Waals surface area contributed by atoms with Crippen molar-refractivity contribution in [3.63, 3.8) is 0 Å². The van der Waals surface area contributed by atoms with Gasteiger partial charge in [0, 0.05) is 0 Å². The molecule has 1 aliphatic heterocycles. The second-order valence-corrected chi connectivity index (χ2v) is 4.34. The first-order valence-electron chi connectivity index (χ1n) is 6.24. The van der Waals surface area contributed by atoms with Crippen LogP contribution < -0.4 is 10.2 Å². The van der Waals surface area contributed by atoms with E-state index in [1.54, 1.807) is 7.11 Å². The summed E-state index contributed by atoms with van der Waals surface area (Å²) in [6.45, 7) is 2.90. The quantitative estimate of drug-likeness (QED) is 0.729. The van der Waals surface area contributed by atoms with Gasteiger partial charge in [0.25, 0.3) is 0 Å². The summed E-state index contributed by atoms with van der Waals surface area (Å²) >= 11 is 0. The molecule has 1 fully saturated rings. The fraction of sp³-hybridized carbons (Fsp3) is 0.538. The van der Waals surface area contributed by atoms with Crippen molar-refractivity contribution < 1.29 is 14.0 Å². The lowest BCUT2D eigenvalue weighted by Gasteiger charge is -2.09. The van der Waals surface area contributed by atoms with Crippen LogP contribution in [0.15, 0.2) is 24.3 Å². The van der Waals surface area contributed by atoms with E-state index in [-0.39, 0.29) is 13.2 Å². The van der Waals surface area contributed by atoms with Crippen LogP contribution in [0.1, 0.15) is 26.2 Å². The minimum absolute atomic E-state index is 0.206. The molecule has 0 aliphatic carbocycles. The maximum absolute atomic E-state index is 5.86. The van der Waals surface area contributed by atoms with Crippen molar-refractivity contribution in [2.24, 2.45) is 0 Å². The molecule has 2 rings (SSSR count). The summed E-state index contributed by atoms with van der Waals surface area (Å²) in [6.07, 6.45) is 3.74. The number of methoxy groups -OCH3 is 1. The first-order valence-corrected chi connectivity index (χ1v) is 6.24. The monoisotopic (exact) mass is 234 g/mol. The minimum atomic E-state index is -0.206. The summed E-state index contributed by atoms with van der Waals surface area (Å²) in [5.41, 5.74) is 1.06. The normalized spacial score (nSPS) is 19.6. The maximum Gasteiger partial charge on any atom is 0.494 e. The molecule has 1 heterocycles. The number of unbranched alkanes of at least 4 members (excludes halogenated alkanes) is 1. The molecule has 1 aliphatic rings. The van der Waals surface area contributed by atoms with Crippen LogP contribution in [0.25, 0.3) is 0 Å². The molecule has 0 bridgehead atoms. The molecule has 1 saturated heterocycles. The van der Waals surface area contributed by atoms with Crippen molar-refractivity contribution in [2.45, 2.75) is 32.3 Å². The van der Waals surface area contributed by atoms with E-state index in [0.29, 0.717) is 6.61 Å². The molecule has 1 aromatic carbocycles. The van der Waals surface area contributed by atoms with E-state index in [0.717, 1.165) is 17.6 Å². The van der Waals surface area contributed by atoms with Crippen LogP contribution in [-0.2, 0) is 9.31 Å². The Morgan fingerprint density at radius 3 is 2.76 bits per heavy atom. The molecule has 92 valence electrons. The van der Waals surface area contributed by atoms with E-state index in [4.69, 9.17) is 14.0 Å². The van der Waals surface area contributed by atoms with Crippen molar-refractivity contribution in [3.05, 3.63) is 24.3 Å². The average Bonchev–Trinajstić information content (AvgIpc) is 2.85. The zero-order chi connectivity index (χ0) is 12.1. The zero-order valence-corrected chi connectivity index (χ0v) is 10.5. The first-order chi connectivity index (χ1) is 8.33. The van der Waals surface area contributed by atoms with E-state index in [2.05, 4.69) is 6.92 Å². The fourth-order valence-electron chi connectivity index (χ4n) is 1.97. The van der Waals surface area contributed by atoms with Gasteiger partial charge in [0.05, 0.1) is 19.8 Å². The van der Waals surface area contributed by atoms with Gasteiger partial charge in [-0.25, -0.2) is 0 Å². The zero-order valence-electron chi connectivity index (χ0n) is 10.5. The minimum Gasteiger partial charge on any atom is -0.497 e. The maximum atomic E-state index is 5.86. The lowest BCUT2D eigenvalue weighted by atomic mass is 9.79. The lowest BCUT2D eigenvalue weighted by molar-refractivity contribution is 0.219. The van der Waals surface area contributed by atoms with E-state index >= 15 is 0 Å². The molecule has 1 unspecified atom stereocenters. The number of hydrogen-bond donors (Lipinski definition) is 0. The number of benzene rings is 1. The van der Waals surface area contributed by atoms with Crippen LogP contribution in [0.2, 0.25) is 0 Å². The molecule has 17 heavy (non-hydrogen) atoms. The molecule has 0 saturated carbocycles. The highest BCUT2D eigenvalue weighted by atomic mass is 16.6. The van der Waals surface area contributed by atoms with Gasteiger partial charge in [0.2, 0.25) is 0 Å². The highest BCUT2D eigenvalue weighted by Crippen LogP contribution is 2.15. The summed E-state index contributed by atoms with van der Waals surface area (Å²) < 4.78 is 16.6. The average molecular weight is 234 g/mol. The Balaban J connectivity index is 1.90. The molecular weight excluding hydrogens is 215 g/mol. The molecule has 0 N–H and O–H groups in total. The molecule has 0 amide bonds. The molecule has 0 spiro atoms. The highest BCUT2D eigenvalue weighted by molar-refractivity contribution is 6.61. The summed E-state index contributed by atoms with van der Waals surface area (Å²) in [5, 5.41) is 0. The summed E-state index contributed by atoms with van der Waals surface area (Å²) in [6, 6.07) is 7.85. The largest absolute Gasteiger partial charge is 0.497 e. The Labute approximate surface area is 103 Å². The van der Waals surface area contributed by atoms with E-state index in [1.165, 1.54) is 12.8 Å². The van der Waals surface area contributed by atoms with Gasteiger partial charge in [-0.15, -0.1) is 0 Å². The molecule has 1 atom stereocenters. The molecule has 0 aromatic heterocycles. The van der Waals surface area contributed by atoms with E-state index in [1.807, 2.05) is 24.3 Å². The molecule has 0 radical (unpaired) electrons. The Kier molecular flexibility index (Phi) is 4.46. The Morgan fingerprint density at radius 2 is 2.12 bits per heavy atom. The van der Waals surface area contributed by atoms with Gasteiger partial charge in [-0.3, -0.25) is 0 Å². The van der Waals surface area contributed by atoms with Crippen LogP contribution >= 0.6 is 0 Å². The van der Waals surface area contributed by atoms with E-state index in [9.17, 15) is 0 Å². The van der Waals surface area contributed by atoms with Crippen molar-refractivity contribution in [3.8, 4) is 5.75 Å². The highest BCUT2D eigenvalue weighted by Gasteiger charge is 2.32. The predicted molar refractivity (Wildman–Crippen MR) is 68.7 cm³/mol. The Morgan fingerprint density at radius 1 is 1.35 bits per heavy atom. The van der Waals surface area contributed by atoms with Crippen molar-refractivity contribution in [2.75, 3.05) is 13.7 Å². The Bertz CT molecular complexity index is 339. The smallest absolute Gasteiger partial charge is 0.494 e. The van der Waals surface area contributed by atoms with Gasteiger partial charge in [-0.05, 0) is 24.0 Å². The van der Waals surface area contributed by atoms with Crippen LogP contribution in [0.3, 0.4) is 0 Å². The van der Waals surface area contributed by atoms with Crippen LogP contribution in [0.4, 0.5) is 0 Å². The summed E-state index contributed by atoms with van der Waals surface area (Å²) in [7, 11) is 1.46. The predicted octanol–water partition coefficient (Wildman–Crippen LogP) is 2.00. The summed E-state index contributed by atoms with van der Waals surface area (Å²) in [5.74, 6) is 0.856. The second kappa shape index (κ2) is 6.08. The van der Waals surface area contributed by atoms with Crippen molar-refractivity contribution >= 4 is 12.6 Å². The van der Waals surface area contributed by atoms with Gasteiger partial charge in [-0.1, -0.05) is 31.9 Å². The van der Waals surface area contributed by atoms with Crippen LogP contribution in [0, 0.1) is 0 Å². The third-order valence-electron chi connectivity index (χ3n) is 3.02. The van der Waals surface area contributed by atoms with Gasteiger partial charge in [-0.2, -0.15) is 0 Å². The number of rotatable bonds is 5. The molecule has 3 nitrogen and oxygen atoms in total. The number of ether oxygens (including phenoxy) is 1. The van der Waals surface area contributed by atoms with Crippen molar-refractivity contribution in [1.29, 1.82) is 0 Å². The third kappa shape index (κ3) is 3.24. The van der Waals surface area contributed by atoms with Crippen molar-refractivity contribution in [1.82, 2.24) is 0 Å². The Hall–Kier alpha value is -0.995. The van der Waals surface area contributed by atoms with Gasteiger partial charge in [0.15, 0.2) is 0 Å². The number of hydrogen-bond acceptors (Lipinski definition) is 3. The van der Waals surface area contributed by atoms with E-state index < -0.39 is 0 Å². The standard InChI is InChI=1S/C13H19BO3/c1-3-4-5-13-10-16-14(17-13)11-6-8-12(15-2)9-7-11/h6-9,13H,3-5,10H2,1-2H3. The molecular formula is C13H19BO3. The van der Waals surface area contributed by atoms with Gasteiger partial charge < -0.3 is 14.0 Å². The topological polar surface area (TPSA) is 27.7 Å². The molecule has 4 heteroatoms. The lowest BCUT2D eigenvalue weighted by Crippen LogP contribution is -2.32. The summed E-state index contributed by atoms with van der Waals surface area (Å²) in [4.78, 5) is 0.